The lowest BCUT2D eigenvalue weighted by Crippen LogP contribution is -2.05. The van der Waals surface area contributed by atoms with Crippen LogP contribution in [-0.4, -0.2) is 16.6 Å². The van der Waals surface area contributed by atoms with Crippen molar-refractivity contribution in [1.82, 2.24) is 14.9 Å². The zero-order chi connectivity index (χ0) is 11.4. The van der Waals surface area contributed by atoms with Crippen molar-refractivity contribution in [1.29, 1.82) is 0 Å². The first-order valence-corrected chi connectivity index (χ1v) is 5.56. The van der Waals surface area contributed by atoms with Gasteiger partial charge in [-0.1, -0.05) is 29.8 Å². The molecule has 1 N–H and O–H groups in total. The van der Waals surface area contributed by atoms with E-state index >= 15 is 0 Å². The van der Waals surface area contributed by atoms with Gasteiger partial charge in [0.25, 0.3) is 0 Å². The second kappa shape index (κ2) is 5.14. The summed E-state index contributed by atoms with van der Waals surface area (Å²) in [4.78, 5) is 4.29. The quantitative estimate of drug-likeness (QED) is 0.882. The Kier molecular flexibility index (Phi) is 3.59. The molecular weight excluding hydrogens is 222 g/mol. The van der Waals surface area contributed by atoms with Gasteiger partial charge in [-0.3, -0.25) is 0 Å². The molecule has 2 aromatic rings. The Bertz CT molecular complexity index is 465. The van der Waals surface area contributed by atoms with E-state index in [1.807, 2.05) is 48.4 Å². The molecule has 84 valence electrons. The molecule has 0 fully saturated rings. The van der Waals surface area contributed by atoms with Crippen LogP contribution in [0.15, 0.2) is 36.8 Å². The van der Waals surface area contributed by atoms with Gasteiger partial charge in [0.1, 0.15) is 0 Å². The lowest BCUT2D eigenvalue weighted by molar-refractivity contribution is 0.782. The Morgan fingerprint density at radius 1 is 1.38 bits per heavy atom. The highest BCUT2D eigenvalue weighted by Crippen LogP contribution is 2.16. The third-order valence-electron chi connectivity index (χ3n) is 2.36. The van der Waals surface area contributed by atoms with Gasteiger partial charge in [0, 0.05) is 24.3 Å². The molecule has 0 aliphatic carbocycles. The zero-order valence-electron chi connectivity index (χ0n) is 9.15. The van der Waals surface area contributed by atoms with Crippen LogP contribution >= 0.6 is 11.6 Å². The van der Waals surface area contributed by atoms with Gasteiger partial charge in [0.05, 0.1) is 12.0 Å². The smallest absolute Gasteiger partial charge is 0.0953 e. The van der Waals surface area contributed by atoms with Gasteiger partial charge in [-0.15, -0.1) is 0 Å². The largest absolute Gasteiger partial charge is 0.333 e. The second-order valence-electron chi connectivity index (χ2n) is 3.66. The SMILES string of the molecule is CNCc1cn(Cc2ccccc2Cl)cn1. The van der Waals surface area contributed by atoms with E-state index in [-0.39, 0.29) is 0 Å². The van der Waals surface area contributed by atoms with Gasteiger partial charge in [-0.2, -0.15) is 0 Å². The van der Waals surface area contributed by atoms with Crippen LogP contribution in [0.5, 0.6) is 0 Å². The molecule has 3 nitrogen and oxygen atoms in total. The summed E-state index contributed by atoms with van der Waals surface area (Å²) in [5.74, 6) is 0. The average molecular weight is 236 g/mol. The summed E-state index contributed by atoms with van der Waals surface area (Å²) in [6.07, 6.45) is 3.86. The van der Waals surface area contributed by atoms with E-state index in [0.717, 1.165) is 29.4 Å². The summed E-state index contributed by atoms with van der Waals surface area (Å²) in [7, 11) is 1.91. The monoisotopic (exact) mass is 235 g/mol. The van der Waals surface area contributed by atoms with Crippen molar-refractivity contribution in [2.75, 3.05) is 7.05 Å². The van der Waals surface area contributed by atoms with Gasteiger partial charge in [0.15, 0.2) is 0 Å². The van der Waals surface area contributed by atoms with E-state index < -0.39 is 0 Å². The predicted octanol–water partition coefficient (Wildman–Crippen LogP) is 2.30. The van der Waals surface area contributed by atoms with Gasteiger partial charge >= 0.3 is 0 Å². The summed E-state index contributed by atoms with van der Waals surface area (Å²) in [6.45, 7) is 1.55. The summed E-state index contributed by atoms with van der Waals surface area (Å²) in [5.41, 5.74) is 2.15. The van der Waals surface area contributed by atoms with E-state index in [2.05, 4.69) is 10.3 Å². The molecule has 0 saturated carbocycles. The summed E-state index contributed by atoms with van der Waals surface area (Å²) in [5, 5.41) is 3.87. The third kappa shape index (κ3) is 2.62. The molecule has 0 radical (unpaired) electrons. The standard InChI is InChI=1S/C12H14ClN3/c1-14-6-11-8-16(9-15-11)7-10-4-2-3-5-12(10)13/h2-5,8-9,14H,6-7H2,1H3. The fraction of sp³-hybridized carbons (Fsp3) is 0.250. The number of nitrogens with one attached hydrogen (secondary N) is 1. The number of hydrogen-bond donors (Lipinski definition) is 1. The number of halogens is 1. The molecule has 0 aliphatic heterocycles. The molecule has 0 aliphatic rings. The van der Waals surface area contributed by atoms with Crippen LogP contribution in [0.4, 0.5) is 0 Å². The molecule has 16 heavy (non-hydrogen) atoms. The average Bonchev–Trinajstić information content (AvgIpc) is 2.70. The predicted molar refractivity (Wildman–Crippen MR) is 65.5 cm³/mol. The van der Waals surface area contributed by atoms with Crippen molar-refractivity contribution in [2.24, 2.45) is 0 Å². The van der Waals surface area contributed by atoms with E-state index in [1.54, 1.807) is 0 Å². The van der Waals surface area contributed by atoms with Crippen LogP contribution in [0.1, 0.15) is 11.3 Å². The number of benzene rings is 1. The van der Waals surface area contributed by atoms with Crippen molar-refractivity contribution in [3.8, 4) is 0 Å². The van der Waals surface area contributed by atoms with Gasteiger partial charge < -0.3 is 9.88 Å². The summed E-state index contributed by atoms with van der Waals surface area (Å²) >= 11 is 6.10. The normalized spacial score (nSPS) is 10.6. The Labute approximate surface area is 100 Å². The molecule has 1 heterocycles. The molecular formula is C12H14ClN3. The minimum atomic E-state index is 0.760. The van der Waals surface area contributed by atoms with E-state index in [1.165, 1.54) is 0 Å². The van der Waals surface area contributed by atoms with E-state index in [9.17, 15) is 0 Å². The maximum atomic E-state index is 6.10. The maximum absolute atomic E-state index is 6.10. The highest BCUT2D eigenvalue weighted by Gasteiger charge is 2.01. The lowest BCUT2D eigenvalue weighted by Gasteiger charge is -2.04. The molecule has 0 atom stereocenters. The molecule has 0 bridgehead atoms. The van der Waals surface area contributed by atoms with Crippen LogP contribution in [0, 0.1) is 0 Å². The minimum absolute atomic E-state index is 0.760. The van der Waals surface area contributed by atoms with Crippen molar-refractivity contribution in [3.05, 3.63) is 53.1 Å². The second-order valence-corrected chi connectivity index (χ2v) is 4.07. The summed E-state index contributed by atoms with van der Waals surface area (Å²) < 4.78 is 2.04. The maximum Gasteiger partial charge on any atom is 0.0953 e. The topological polar surface area (TPSA) is 29.9 Å². The van der Waals surface area contributed by atoms with E-state index in [4.69, 9.17) is 11.6 Å². The van der Waals surface area contributed by atoms with Gasteiger partial charge in [-0.25, -0.2) is 4.98 Å². The van der Waals surface area contributed by atoms with Crippen molar-refractivity contribution < 1.29 is 0 Å². The van der Waals surface area contributed by atoms with Crippen LogP contribution in [0.3, 0.4) is 0 Å². The molecule has 4 heteroatoms. The highest BCUT2D eigenvalue weighted by atomic mass is 35.5. The van der Waals surface area contributed by atoms with E-state index in [0.29, 0.717) is 0 Å². The fourth-order valence-electron chi connectivity index (χ4n) is 1.59. The number of hydrogen-bond acceptors (Lipinski definition) is 2. The molecule has 0 amide bonds. The fourth-order valence-corrected chi connectivity index (χ4v) is 1.78. The Morgan fingerprint density at radius 3 is 2.94 bits per heavy atom. The van der Waals surface area contributed by atoms with Crippen molar-refractivity contribution in [2.45, 2.75) is 13.1 Å². The Morgan fingerprint density at radius 2 is 2.19 bits per heavy atom. The molecule has 2 rings (SSSR count). The number of imidazole rings is 1. The number of rotatable bonds is 4. The third-order valence-corrected chi connectivity index (χ3v) is 2.72. The van der Waals surface area contributed by atoms with Crippen LogP contribution in [0.25, 0.3) is 0 Å². The Hall–Kier alpha value is -1.32. The minimum Gasteiger partial charge on any atom is -0.333 e. The first-order chi connectivity index (χ1) is 7.79. The highest BCUT2D eigenvalue weighted by molar-refractivity contribution is 6.31. The zero-order valence-corrected chi connectivity index (χ0v) is 9.91. The first kappa shape index (κ1) is 11.2. The van der Waals surface area contributed by atoms with Crippen LogP contribution in [0.2, 0.25) is 5.02 Å². The molecule has 1 aromatic heterocycles. The molecule has 1 aromatic carbocycles. The first-order valence-electron chi connectivity index (χ1n) is 5.18. The number of aromatic nitrogens is 2. The van der Waals surface area contributed by atoms with Crippen molar-refractivity contribution in [3.63, 3.8) is 0 Å². The number of nitrogens with zero attached hydrogens (tertiary/aromatic N) is 2. The molecule has 0 saturated heterocycles. The summed E-state index contributed by atoms with van der Waals surface area (Å²) in [6, 6.07) is 7.86. The Balaban J connectivity index is 2.11. The van der Waals surface area contributed by atoms with Gasteiger partial charge in [-0.05, 0) is 18.7 Å². The molecule has 0 spiro atoms. The molecule has 0 unspecified atom stereocenters. The van der Waals surface area contributed by atoms with Crippen molar-refractivity contribution >= 4 is 11.6 Å². The van der Waals surface area contributed by atoms with Gasteiger partial charge in [0.2, 0.25) is 0 Å². The van der Waals surface area contributed by atoms with Crippen LogP contribution in [-0.2, 0) is 13.1 Å². The van der Waals surface area contributed by atoms with Crippen LogP contribution < -0.4 is 5.32 Å². The lowest BCUT2D eigenvalue weighted by atomic mass is 10.2.